The maximum Gasteiger partial charge on any atom is 0.258 e. The highest BCUT2D eigenvalue weighted by Gasteiger charge is 2.23. The van der Waals surface area contributed by atoms with Gasteiger partial charge >= 0.3 is 0 Å². The zero-order chi connectivity index (χ0) is 13.2. The molecule has 5 nitrogen and oxygen atoms in total. The number of nitrogens with zero attached hydrogens (tertiary/aromatic N) is 2. The molecule has 1 aliphatic heterocycles. The van der Waals surface area contributed by atoms with Crippen molar-refractivity contribution in [1.82, 2.24) is 10.1 Å². The summed E-state index contributed by atoms with van der Waals surface area (Å²) in [5.41, 5.74) is 0.538. The molecule has 1 aromatic heterocycles. The van der Waals surface area contributed by atoms with Crippen LogP contribution in [0, 0.1) is 5.82 Å². The van der Waals surface area contributed by atoms with E-state index in [-0.39, 0.29) is 11.7 Å². The molecule has 1 fully saturated rings. The zero-order valence-electron chi connectivity index (χ0n) is 10.4. The molecular weight excluding hydrogens is 251 g/mol. The largest absolute Gasteiger partial charge is 0.494 e. The summed E-state index contributed by atoms with van der Waals surface area (Å²) in [4.78, 5) is 4.29. The van der Waals surface area contributed by atoms with Crippen LogP contribution in [0.4, 0.5) is 4.39 Å². The normalized spacial score (nSPS) is 18.7. The van der Waals surface area contributed by atoms with E-state index in [0.29, 0.717) is 30.5 Å². The Labute approximate surface area is 109 Å². The second kappa shape index (κ2) is 4.97. The molecule has 2 heterocycles. The molecule has 0 saturated carbocycles. The van der Waals surface area contributed by atoms with Gasteiger partial charge in [0.05, 0.1) is 13.7 Å². The zero-order valence-corrected chi connectivity index (χ0v) is 10.4. The van der Waals surface area contributed by atoms with E-state index in [1.807, 2.05) is 0 Å². The molecule has 0 aliphatic carbocycles. The molecular formula is C13H13FN2O3. The first-order valence-electron chi connectivity index (χ1n) is 6.03. The van der Waals surface area contributed by atoms with Crippen LogP contribution in [-0.4, -0.2) is 30.5 Å². The standard InChI is InChI=1S/C13H13FN2O3/c1-17-11-3-2-8(6-10(11)14)13-15-12(16-19-13)9-4-5-18-7-9/h2-3,6,9H,4-5,7H2,1H3. The molecule has 100 valence electrons. The molecule has 0 bridgehead atoms. The third kappa shape index (κ3) is 2.31. The number of methoxy groups -OCH3 is 1. The first-order chi connectivity index (χ1) is 9.28. The Kier molecular flexibility index (Phi) is 3.16. The van der Waals surface area contributed by atoms with Gasteiger partial charge in [0.2, 0.25) is 0 Å². The van der Waals surface area contributed by atoms with Crippen LogP contribution in [0.25, 0.3) is 11.5 Å². The van der Waals surface area contributed by atoms with Crippen LogP contribution in [0.1, 0.15) is 18.2 Å². The van der Waals surface area contributed by atoms with E-state index in [1.165, 1.54) is 19.2 Å². The number of halogens is 1. The Bertz CT molecular complexity index is 579. The van der Waals surface area contributed by atoms with Gasteiger partial charge in [0, 0.05) is 18.1 Å². The predicted octanol–water partition coefficient (Wildman–Crippen LogP) is 2.39. The smallest absolute Gasteiger partial charge is 0.258 e. The van der Waals surface area contributed by atoms with Crippen LogP contribution in [0.2, 0.25) is 0 Å². The highest BCUT2D eigenvalue weighted by molar-refractivity contribution is 5.54. The van der Waals surface area contributed by atoms with E-state index in [9.17, 15) is 4.39 Å². The first-order valence-corrected chi connectivity index (χ1v) is 6.03. The second-order valence-electron chi connectivity index (χ2n) is 4.37. The van der Waals surface area contributed by atoms with Gasteiger partial charge in [-0.2, -0.15) is 4.98 Å². The second-order valence-corrected chi connectivity index (χ2v) is 4.37. The quantitative estimate of drug-likeness (QED) is 0.852. The molecule has 1 unspecified atom stereocenters. The lowest BCUT2D eigenvalue weighted by atomic mass is 10.1. The highest BCUT2D eigenvalue weighted by Crippen LogP contribution is 2.27. The van der Waals surface area contributed by atoms with Crippen molar-refractivity contribution in [1.29, 1.82) is 0 Å². The van der Waals surface area contributed by atoms with E-state index < -0.39 is 5.82 Å². The Morgan fingerprint density at radius 1 is 1.42 bits per heavy atom. The number of rotatable bonds is 3. The van der Waals surface area contributed by atoms with Crippen molar-refractivity contribution in [2.75, 3.05) is 20.3 Å². The van der Waals surface area contributed by atoms with Gasteiger partial charge < -0.3 is 14.0 Å². The topological polar surface area (TPSA) is 57.4 Å². The van der Waals surface area contributed by atoms with Crippen molar-refractivity contribution in [2.45, 2.75) is 12.3 Å². The lowest BCUT2D eigenvalue weighted by molar-refractivity contribution is 0.192. The van der Waals surface area contributed by atoms with Gasteiger partial charge in [-0.05, 0) is 24.6 Å². The molecule has 0 amide bonds. The van der Waals surface area contributed by atoms with Crippen LogP contribution in [0.15, 0.2) is 22.7 Å². The van der Waals surface area contributed by atoms with Gasteiger partial charge in [0.1, 0.15) is 0 Å². The summed E-state index contributed by atoms with van der Waals surface area (Å²) in [6, 6.07) is 4.54. The molecule has 0 N–H and O–H groups in total. The van der Waals surface area contributed by atoms with Gasteiger partial charge in [-0.15, -0.1) is 0 Å². The van der Waals surface area contributed by atoms with Gasteiger partial charge in [0.15, 0.2) is 17.4 Å². The molecule has 2 aromatic rings. The molecule has 19 heavy (non-hydrogen) atoms. The molecule has 1 aliphatic rings. The molecule has 3 rings (SSSR count). The molecule has 0 spiro atoms. The number of aromatic nitrogens is 2. The summed E-state index contributed by atoms with van der Waals surface area (Å²) < 4.78 is 28.9. The van der Waals surface area contributed by atoms with Gasteiger partial charge in [0.25, 0.3) is 5.89 Å². The fourth-order valence-corrected chi connectivity index (χ4v) is 2.06. The minimum absolute atomic E-state index is 0.167. The first kappa shape index (κ1) is 12.1. The van der Waals surface area contributed by atoms with Crippen molar-refractivity contribution in [3.8, 4) is 17.2 Å². The van der Waals surface area contributed by atoms with E-state index >= 15 is 0 Å². The van der Waals surface area contributed by atoms with Crippen molar-refractivity contribution in [2.24, 2.45) is 0 Å². The fourth-order valence-electron chi connectivity index (χ4n) is 2.06. The third-order valence-corrected chi connectivity index (χ3v) is 3.14. The number of hydrogen-bond donors (Lipinski definition) is 0. The molecule has 1 atom stereocenters. The third-order valence-electron chi connectivity index (χ3n) is 3.14. The summed E-state index contributed by atoms with van der Waals surface area (Å²) in [5.74, 6) is 0.824. The molecule has 1 saturated heterocycles. The van der Waals surface area contributed by atoms with Crippen LogP contribution < -0.4 is 4.74 Å². The summed E-state index contributed by atoms with van der Waals surface area (Å²) in [5, 5.41) is 3.93. The van der Waals surface area contributed by atoms with Gasteiger partial charge in [-0.1, -0.05) is 5.16 Å². The molecule has 1 aromatic carbocycles. The average molecular weight is 264 g/mol. The van der Waals surface area contributed by atoms with Crippen molar-refractivity contribution in [3.63, 3.8) is 0 Å². The minimum atomic E-state index is -0.455. The van der Waals surface area contributed by atoms with Gasteiger partial charge in [-0.25, -0.2) is 4.39 Å². The Balaban J connectivity index is 1.87. The van der Waals surface area contributed by atoms with Crippen molar-refractivity contribution >= 4 is 0 Å². The Hall–Kier alpha value is -1.95. The maximum absolute atomic E-state index is 13.6. The van der Waals surface area contributed by atoms with Crippen molar-refractivity contribution in [3.05, 3.63) is 29.8 Å². The summed E-state index contributed by atoms with van der Waals surface area (Å²) in [7, 11) is 1.42. The highest BCUT2D eigenvalue weighted by atomic mass is 19.1. The number of benzene rings is 1. The summed E-state index contributed by atoms with van der Waals surface area (Å²) in [6.45, 7) is 1.32. The minimum Gasteiger partial charge on any atom is -0.494 e. The molecule has 6 heteroatoms. The van der Waals surface area contributed by atoms with E-state index in [1.54, 1.807) is 6.07 Å². The summed E-state index contributed by atoms with van der Waals surface area (Å²) in [6.07, 6.45) is 0.885. The number of ether oxygens (including phenoxy) is 2. The number of hydrogen-bond acceptors (Lipinski definition) is 5. The van der Waals surface area contributed by atoms with E-state index in [0.717, 1.165) is 6.42 Å². The Morgan fingerprint density at radius 2 is 2.32 bits per heavy atom. The predicted molar refractivity (Wildman–Crippen MR) is 64.4 cm³/mol. The molecule has 0 radical (unpaired) electrons. The van der Waals surface area contributed by atoms with Crippen LogP contribution in [0.5, 0.6) is 5.75 Å². The van der Waals surface area contributed by atoms with Gasteiger partial charge in [-0.3, -0.25) is 0 Å². The Morgan fingerprint density at radius 3 is 3.00 bits per heavy atom. The van der Waals surface area contributed by atoms with Crippen LogP contribution in [-0.2, 0) is 4.74 Å². The lowest BCUT2D eigenvalue weighted by Crippen LogP contribution is -1.99. The fraction of sp³-hybridized carbons (Fsp3) is 0.385. The SMILES string of the molecule is COc1ccc(-c2nc(C3CCOC3)no2)cc1F. The monoisotopic (exact) mass is 264 g/mol. The van der Waals surface area contributed by atoms with E-state index in [2.05, 4.69) is 10.1 Å². The van der Waals surface area contributed by atoms with Crippen LogP contribution >= 0.6 is 0 Å². The van der Waals surface area contributed by atoms with Crippen molar-refractivity contribution < 1.29 is 18.4 Å². The van der Waals surface area contributed by atoms with Crippen LogP contribution in [0.3, 0.4) is 0 Å². The maximum atomic E-state index is 13.6. The average Bonchev–Trinajstić information content (AvgIpc) is 3.09. The summed E-state index contributed by atoms with van der Waals surface area (Å²) >= 11 is 0. The lowest BCUT2D eigenvalue weighted by Gasteiger charge is -2.01. The van der Waals surface area contributed by atoms with E-state index in [4.69, 9.17) is 14.0 Å².